The molecule has 0 spiro atoms. The molecule has 2 unspecified atom stereocenters. The molecule has 27 heavy (non-hydrogen) atoms. The van der Waals surface area contributed by atoms with Gasteiger partial charge in [-0.2, -0.15) is 5.10 Å². The van der Waals surface area contributed by atoms with E-state index in [9.17, 15) is 9.59 Å². The minimum absolute atomic E-state index is 0.00638. The molecule has 4 rings (SSSR count). The van der Waals surface area contributed by atoms with E-state index in [0.717, 1.165) is 30.5 Å². The van der Waals surface area contributed by atoms with Crippen molar-refractivity contribution in [1.29, 1.82) is 0 Å². The first-order valence-electron chi connectivity index (χ1n) is 9.42. The van der Waals surface area contributed by atoms with E-state index < -0.39 is 0 Å². The third-order valence-corrected chi connectivity index (χ3v) is 5.18. The topological polar surface area (TPSA) is 70.6 Å². The lowest BCUT2D eigenvalue weighted by molar-refractivity contribution is -0.122. The molecule has 0 aliphatic heterocycles. The van der Waals surface area contributed by atoms with Crippen LogP contribution >= 0.6 is 0 Å². The fourth-order valence-electron chi connectivity index (χ4n) is 3.25. The van der Waals surface area contributed by atoms with Gasteiger partial charge in [0.1, 0.15) is 0 Å². The Labute approximate surface area is 158 Å². The maximum absolute atomic E-state index is 12.3. The second-order valence-corrected chi connectivity index (χ2v) is 7.38. The number of carbonyl (C=O) groups excluding carboxylic acids is 2. The number of rotatable bonds is 6. The van der Waals surface area contributed by atoms with Gasteiger partial charge in [-0.25, -0.2) is 5.43 Å². The second kappa shape index (κ2) is 7.35. The van der Waals surface area contributed by atoms with Gasteiger partial charge in [-0.3, -0.25) is 9.59 Å². The minimum atomic E-state index is -0.0404. The predicted octanol–water partition coefficient (Wildman–Crippen LogP) is 3.68. The van der Waals surface area contributed by atoms with E-state index in [4.69, 9.17) is 0 Å². The van der Waals surface area contributed by atoms with Crippen LogP contribution in [0.25, 0.3) is 0 Å². The number of amides is 2. The zero-order valence-electron chi connectivity index (χ0n) is 15.3. The van der Waals surface area contributed by atoms with Gasteiger partial charge in [0, 0.05) is 17.5 Å². The van der Waals surface area contributed by atoms with Crippen molar-refractivity contribution in [3.8, 4) is 0 Å². The summed E-state index contributed by atoms with van der Waals surface area (Å²) in [5.74, 6) is 0.492. The molecular formula is C22H23N3O2. The van der Waals surface area contributed by atoms with Gasteiger partial charge in [0.15, 0.2) is 0 Å². The van der Waals surface area contributed by atoms with Crippen LogP contribution in [0.5, 0.6) is 0 Å². The van der Waals surface area contributed by atoms with E-state index in [1.165, 1.54) is 5.56 Å². The van der Waals surface area contributed by atoms with Crippen molar-refractivity contribution >= 4 is 23.2 Å². The van der Waals surface area contributed by atoms with Gasteiger partial charge in [-0.1, -0.05) is 42.5 Å². The van der Waals surface area contributed by atoms with Crippen LogP contribution in [0.2, 0.25) is 0 Å². The number of benzene rings is 2. The van der Waals surface area contributed by atoms with Crippen molar-refractivity contribution in [2.24, 2.45) is 16.9 Å². The predicted molar refractivity (Wildman–Crippen MR) is 105 cm³/mol. The van der Waals surface area contributed by atoms with Gasteiger partial charge >= 0.3 is 0 Å². The van der Waals surface area contributed by atoms with Crippen molar-refractivity contribution in [3.63, 3.8) is 0 Å². The first-order valence-corrected chi connectivity index (χ1v) is 9.42. The van der Waals surface area contributed by atoms with Crippen LogP contribution in [0.1, 0.15) is 43.2 Å². The lowest BCUT2D eigenvalue weighted by Gasteiger charge is -2.07. The average molecular weight is 361 g/mol. The lowest BCUT2D eigenvalue weighted by Crippen LogP contribution is -2.21. The Morgan fingerprint density at radius 2 is 1.78 bits per heavy atom. The van der Waals surface area contributed by atoms with Gasteiger partial charge in [-0.05, 0) is 55.4 Å². The summed E-state index contributed by atoms with van der Waals surface area (Å²) in [6.45, 7) is 1.85. The number of hydrogen-bond acceptors (Lipinski definition) is 3. The molecule has 0 saturated heterocycles. The molecule has 0 aromatic heterocycles. The van der Waals surface area contributed by atoms with Crippen LogP contribution in [0, 0.1) is 11.8 Å². The number of nitrogens with zero attached hydrogens (tertiary/aromatic N) is 1. The first-order chi connectivity index (χ1) is 13.1. The van der Waals surface area contributed by atoms with E-state index in [1.807, 2.05) is 49.4 Å². The summed E-state index contributed by atoms with van der Waals surface area (Å²) in [6, 6.07) is 17.7. The summed E-state index contributed by atoms with van der Waals surface area (Å²) >= 11 is 0. The molecule has 2 atom stereocenters. The van der Waals surface area contributed by atoms with Gasteiger partial charge in [0.2, 0.25) is 11.8 Å². The summed E-state index contributed by atoms with van der Waals surface area (Å²) < 4.78 is 0. The molecule has 2 fully saturated rings. The molecule has 2 aromatic rings. The molecule has 2 aliphatic carbocycles. The molecule has 0 radical (unpaired) electrons. The normalized spacial score (nSPS) is 21.4. The molecule has 0 bridgehead atoms. The Morgan fingerprint density at radius 1 is 1.00 bits per heavy atom. The number of hydrazone groups is 1. The van der Waals surface area contributed by atoms with E-state index in [1.54, 1.807) is 0 Å². The third kappa shape index (κ3) is 4.25. The zero-order valence-corrected chi connectivity index (χ0v) is 15.3. The monoisotopic (exact) mass is 361 g/mol. The largest absolute Gasteiger partial charge is 0.326 e. The highest BCUT2D eigenvalue weighted by Crippen LogP contribution is 2.47. The molecule has 2 saturated carbocycles. The Hall–Kier alpha value is -2.95. The molecule has 138 valence electrons. The Kier molecular flexibility index (Phi) is 4.75. The first kappa shape index (κ1) is 17.5. The van der Waals surface area contributed by atoms with Gasteiger partial charge in [0.25, 0.3) is 0 Å². The molecule has 2 aliphatic rings. The van der Waals surface area contributed by atoms with Crippen LogP contribution < -0.4 is 10.7 Å². The Bertz CT molecular complexity index is 887. The minimum Gasteiger partial charge on any atom is -0.326 e. The number of anilines is 1. The van der Waals surface area contributed by atoms with Gasteiger partial charge in [-0.15, -0.1) is 0 Å². The van der Waals surface area contributed by atoms with E-state index >= 15 is 0 Å². The van der Waals surface area contributed by atoms with Crippen molar-refractivity contribution in [2.75, 3.05) is 5.32 Å². The highest BCUT2D eigenvalue weighted by molar-refractivity contribution is 6.01. The van der Waals surface area contributed by atoms with Gasteiger partial charge in [0.05, 0.1) is 5.71 Å². The second-order valence-electron chi connectivity index (χ2n) is 7.38. The summed E-state index contributed by atoms with van der Waals surface area (Å²) in [5, 5.41) is 7.19. The Balaban J connectivity index is 1.35. The molecule has 2 amide bonds. The third-order valence-electron chi connectivity index (χ3n) is 5.18. The van der Waals surface area contributed by atoms with Gasteiger partial charge < -0.3 is 5.32 Å². The smallest absolute Gasteiger partial charge is 0.243 e. The van der Waals surface area contributed by atoms with E-state index in [2.05, 4.69) is 28.0 Å². The lowest BCUT2D eigenvalue weighted by atomic mass is 10.1. The van der Waals surface area contributed by atoms with Crippen molar-refractivity contribution < 1.29 is 9.59 Å². The van der Waals surface area contributed by atoms with E-state index in [-0.39, 0.29) is 23.7 Å². The number of carbonyl (C=O) groups is 2. The quantitative estimate of drug-likeness (QED) is 0.609. The van der Waals surface area contributed by atoms with Crippen LogP contribution in [-0.2, 0) is 9.59 Å². The van der Waals surface area contributed by atoms with Crippen LogP contribution in [0.15, 0.2) is 59.7 Å². The summed E-state index contributed by atoms with van der Waals surface area (Å²) in [4.78, 5) is 24.2. The molecule has 5 nitrogen and oxygen atoms in total. The fraction of sp³-hybridized carbons (Fsp3) is 0.318. The molecular weight excluding hydrogens is 338 g/mol. The number of hydrogen-bond donors (Lipinski definition) is 2. The van der Waals surface area contributed by atoms with Crippen LogP contribution in [-0.4, -0.2) is 17.5 Å². The van der Waals surface area contributed by atoms with Crippen LogP contribution in [0.3, 0.4) is 0 Å². The summed E-state index contributed by atoms with van der Waals surface area (Å²) in [7, 11) is 0. The zero-order chi connectivity index (χ0) is 18.8. The molecule has 2 N–H and O–H groups in total. The standard InChI is InChI=1S/C22H23N3O2/c1-14(17-8-5-9-18(12-17)23-21(26)16-10-11-16)24-25-22(27)20-13-19(20)15-6-3-2-4-7-15/h2-9,12,16,19-20H,10-11,13H2,1H3,(H,23,26)(H,25,27). The van der Waals surface area contributed by atoms with Crippen molar-refractivity contribution in [1.82, 2.24) is 5.43 Å². The van der Waals surface area contributed by atoms with Crippen molar-refractivity contribution in [2.45, 2.75) is 32.1 Å². The number of nitrogens with one attached hydrogen (secondary N) is 2. The highest BCUT2D eigenvalue weighted by Gasteiger charge is 2.43. The highest BCUT2D eigenvalue weighted by atomic mass is 16.2. The molecule has 5 heteroatoms. The molecule has 0 heterocycles. The maximum atomic E-state index is 12.3. The molecule has 2 aromatic carbocycles. The average Bonchev–Trinajstić information content (AvgIpc) is 3.59. The fourth-order valence-corrected chi connectivity index (χ4v) is 3.25. The maximum Gasteiger partial charge on any atom is 0.243 e. The van der Waals surface area contributed by atoms with E-state index in [0.29, 0.717) is 11.6 Å². The summed E-state index contributed by atoms with van der Waals surface area (Å²) in [6.07, 6.45) is 2.82. The van der Waals surface area contributed by atoms with Crippen LogP contribution in [0.4, 0.5) is 5.69 Å². The van der Waals surface area contributed by atoms with Crippen molar-refractivity contribution in [3.05, 3.63) is 65.7 Å². The Morgan fingerprint density at radius 3 is 2.52 bits per heavy atom. The summed E-state index contributed by atoms with van der Waals surface area (Å²) in [5.41, 5.74) is 6.24. The SMILES string of the molecule is CC(=NNC(=O)C1CC1c1ccccc1)c1cccc(NC(=O)C2CC2)c1.